The van der Waals surface area contributed by atoms with Crippen LogP contribution in [0, 0.1) is 0 Å². The van der Waals surface area contributed by atoms with Gasteiger partial charge in [-0.05, 0) is 226 Å². The summed E-state index contributed by atoms with van der Waals surface area (Å²) >= 11 is 3.63. The normalized spacial score (nSPS) is 18.4. The van der Waals surface area contributed by atoms with E-state index in [0.717, 1.165) is 154 Å². The van der Waals surface area contributed by atoms with Crippen LogP contribution in [0.25, 0.3) is 11.3 Å². The smallest absolute Gasteiger partial charge is 0.398 e. The van der Waals surface area contributed by atoms with Gasteiger partial charge in [-0.2, -0.15) is 10.2 Å². The van der Waals surface area contributed by atoms with Crippen molar-refractivity contribution in [2.75, 3.05) is 91.8 Å². The second-order valence-corrected chi connectivity index (χ2v) is 29.1. The molecule has 514 valence electrons. The van der Waals surface area contributed by atoms with Crippen molar-refractivity contribution in [3.05, 3.63) is 173 Å². The zero-order valence-corrected chi connectivity index (χ0v) is 60.2. The van der Waals surface area contributed by atoms with Crippen LogP contribution in [-0.2, 0) is 75.0 Å². The van der Waals surface area contributed by atoms with E-state index < -0.39 is 18.3 Å². The SMILES string of the molecule is CCc1c(-c2cc(Nc3ccc(N4CCN(C)CC4)cn3)c(=O)n(C)n2)cccc1N1CCn2c(cc3c2CCCC3)C1=O.CCc1c(Br)cccc1N1CCn2c(cc3c2CCCC3)C1=O.CN1CCC(c2ccc(Nc3cc(B4OC(C)(C)C(C)(C)O4)nn(C)c3=O)nc2)CC1. The summed E-state index contributed by atoms with van der Waals surface area (Å²) in [6.07, 6.45) is 17.0. The van der Waals surface area contributed by atoms with Crippen molar-refractivity contribution < 1.29 is 18.9 Å². The Bertz CT molecular complexity index is 4380. The summed E-state index contributed by atoms with van der Waals surface area (Å²) in [5.74, 6) is 1.98. The molecule has 0 saturated carbocycles. The van der Waals surface area contributed by atoms with Crippen LogP contribution in [0.2, 0.25) is 0 Å². The van der Waals surface area contributed by atoms with E-state index in [4.69, 9.17) is 9.31 Å². The number of nitrogens with one attached hydrogen (secondary N) is 2. The molecule has 0 bridgehead atoms. The molecule has 0 radical (unpaired) electrons. The summed E-state index contributed by atoms with van der Waals surface area (Å²) in [5, 5.41) is 15.4. The summed E-state index contributed by atoms with van der Waals surface area (Å²) in [4.78, 5) is 72.9. The molecule has 2 aliphatic carbocycles. The van der Waals surface area contributed by atoms with Gasteiger partial charge in [-0.1, -0.05) is 54.0 Å². The lowest BCUT2D eigenvalue weighted by Crippen LogP contribution is -2.44. The largest absolute Gasteiger partial charge is 0.516 e. The monoisotopic (exact) mass is 1390 g/mol. The van der Waals surface area contributed by atoms with E-state index in [1.165, 1.54) is 68.7 Å². The molecule has 0 atom stereocenters. The maximum Gasteiger partial charge on any atom is 0.516 e. The van der Waals surface area contributed by atoms with E-state index in [-0.39, 0.29) is 22.9 Å². The molecule has 7 aliphatic rings. The third-order valence-corrected chi connectivity index (χ3v) is 22.1. The van der Waals surface area contributed by atoms with Crippen LogP contribution in [0.4, 0.5) is 40.1 Å². The molecule has 0 spiro atoms. The van der Waals surface area contributed by atoms with Crippen molar-refractivity contribution in [2.24, 2.45) is 14.1 Å². The molecule has 3 fully saturated rings. The number of amides is 2. The number of rotatable bonds is 12. The topological polar surface area (TPSA) is 198 Å². The number of aryl methyl sites for hydroxylation is 4. The molecule has 2 aromatic carbocycles. The first-order valence-electron chi connectivity index (χ1n) is 35.2. The molecular weight excluding hydrogens is 1300 g/mol. The molecule has 23 heteroatoms. The number of hydrogen-bond acceptors (Lipinski definition) is 15. The lowest BCUT2D eigenvalue weighted by atomic mass is 9.84. The highest BCUT2D eigenvalue weighted by Crippen LogP contribution is 2.39. The Hall–Kier alpha value is -8.22. The van der Waals surface area contributed by atoms with Crippen molar-refractivity contribution in [1.82, 2.24) is 48.5 Å². The average molecular weight is 1390 g/mol. The van der Waals surface area contributed by atoms with Gasteiger partial charge in [0.15, 0.2) is 0 Å². The van der Waals surface area contributed by atoms with Gasteiger partial charge in [0, 0.05) is 105 Å². The molecular formula is C75H93BBrN15O6. The lowest BCUT2D eigenvalue weighted by Gasteiger charge is -2.33. The van der Waals surface area contributed by atoms with Crippen molar-refractivity contribution in [3.8, 4) is 11.3 Å². The summed E-state index contributed by atoms with van der Waals surface area (Å²) < 4.78 is 20.5. The maximum atomic E-state index is 13.9. The number of hydrogen-bond donors (Lipinski definition) is 2. The minimum atomic E-state index is -0.642. The Balaban J connectivity index is 0.000000140. The fourth-order valence-corrected chi connectivity index (χ4v) is 15.6. The Labute approximate surface area is 583 Å². The number of benzene rings is 2. The molecule has 8 aromatic rings. The van der Waals surface area contributed by atoms with Crippen LogP contribution in [-0.4, -0.2) is 145 Å². The number of likely N-dealkylation sites (N-methyl/N-ethyl adjacent to an activating group) is 1. The minimum absolute atomic E-state index is 0.0550. The van der Waals surface area contributed by atoms with Crippen molar-refractivity contribution in [2.45, 2.75) is 149 Å². The quantitative estimate of drug-likeness (QED) is 0.109. The molecule has 5 aliphatic heterocycles. The van der Waals surface area contributed by atoms with Gasteiger partial charge < -0.3 is 53.6 Å². The third-order valence-electron chi connectivity index (χ3n) is 21.4. The van der Waals surface area contributed by atoms with E-state index in [0.29, 0.717) is 46.8 Å². The number of likely N-dealkylation sites (tertiary alicyclic amines) is 1. The third kappa shape index (κ3) is 13.8. The fraction of sp³-hybridized carbons (Fsp3) is 0.467. The van der Waals surface area contributed by atoms with Gasteiger partial charge in [0.25, 0.3) is 22.9 Å². The van der Waals surface area contributed by atoms with E-state index in [1.54, 1.807) is 26.2 Å². The van der Waals surface area contributed by atoms with E-state index in [1.807, 2.05) is 92.4 Å². The first kappa shape index (κ1) is 68.3. The maximum absolute atomic E-state index is 13.9. The molecule has 0 unspecified atom stereocenters. The number of piperazine rings is 1. The predicted octanol–water partition coefficient (Wildman–Crippen LogP) is 10.6. The number of carbonyl (C=O) groups is 2. The highest BCUT2D eigenvalue weighted by atomic mass is 79.9. The molecule has 3 saturated heterocycles. The summed E-state index contributed by atoms with van der Waals surface area (Å²) in [6, 6.07) is 27.9. The van der Waals surface area contributed by atoms with Crippen LogP contribution < -0.4 is 42.0 Å². The molecule has 98 heavy (non-hydrogen) atoms. The molecule has 11 heterocycles. The zero-order valence-electron chi connectivity index (χ0n) is 58.6. The van der Waals surface area contributed by atoms with Crippen molar-refractivity contribution in [3.63, 3.8) is 0 Å². The van der Waals surface area contributed by atoms with Gasteiger partial charge >= 0.3 is 7.12 Å². The number of fused-ring (bicyclic) bond motifs is 6. The van der Waals surface area contributed by atoms with Crippen LogP contribution in [0.3, 0.4) is 0 Å². The van der Waals surface area contributed by atoms with Gasteiger partial charge in [0.05, 0.1) is 34.4 Å². The summed E-state index contributed by atoms with van der Waals surface area (Å²) in [7, 11) is 6.95. The minimum Gasteiger partial charge on any atom is -0.398 e. The van der Waals surface area contributed by atoms with Crippen molar-refractivity contribution in [1.29, 1.82) is 0 Å². The van der Waals surface area contributed by atoms with E-state index in [2.05, 4.69) is 129 Å². The second-order valence-electron chi connectivity index (χ2n) is 28.3. The zero-order chi connectivity index (χ0) is 68.7. The number of piperidine rings is 1. The Kier molecular flexibility index (Phi) is 19.9. The van der Waals surface area contributed by atoms with Crippen LogP contribution >= 0.6 is 15.9 Å². The Morgan fingerprint density at radius 2 is 1.08 bits per heavy atom. The highest BCUT2D eigenvalue weighted by molar-refractivity contribution is 9.10. The molecule has 2 amide bonds. The first-order chi connectivity index (χ1) is 47.2. The predicted molar refractivity (Wildman–Crippen MR) is 393 cm³/mol. The second kappa shape index (κ2) is 28.6. The highest BCUT2D eigenvalue weighted by Gasteiger charge is 2.53. The number of aromatic nitrogens is 8. The van der Waals surface area contributed by atoms with E-state index in [9.17, 15) is 19.2 Å². The van der Waals surface area contributed by atoms with Gasteiger partial charge in [-0.15, -0.1) is 0 Å². The standard InChI is InChI=1S/C34H40N8O2.C22H32BN5O3.C19H21BrN2O/c1-4-25-26(9-7-11-30(25)42-19-18-41-29-10-6-5-8-23(29)20-31(41)34(42)44)27-21-28(33(43)39(3)37-27)36-32-13-12-24(22-35-32)40-16-14-38(2)15-17-40;1-21(2)22(3,4)31-23(30-21)18-13-17(20(29)28(6)26-18)25-19-8-7-16(14-24-19)15-9-11-27(5)12-10-15;1-2-14-15(20)7-5-9-17(14)22-11-10-21-16-8-4-3-6-13(16)12-18(21)19(22)23/h7,9,11-13,20-22H,4-6,8,10,14-19H2,1-3H3,(H,35,36);7-8,13-15H,9-12H2,1-6H3,(H,24,25);5,7,9,12H,2-4,6,8,10-11H2,1H3. The number of nitrogens with zero attached hydrogens (tertiary/aromatic N) is 13. The number of halogens is 1. The van der Waals surface area contributed by atoms with Gasteiger partial charge in [0.2, 0.25) is 0 Å². The van der Waals surface area contributed by atoms with Crippen molar-refractivity contribution >= 4 is 80.5 Å². The molecule has 2 N–H and O–H groups in total. The number of anilines is 7. The lowest BCUT2D eigenvalue weighted by molar-refractivity contribution is 0.00578. The van der Waals surface area contributed by atoms with Gasteiger partial charge in [-0.3, -0.25) is 19.2 Å². The summed E-state index contributed by atoms with van der Waals surface area (Å²) in [5.41, 5.74) is 15.2. The Morgan fingerprint density at radius 1 is 0.561 bits per heavy atom. The fourth-order valence-electron chi connectivity index (χ4n) is 15.0. The molecule has 6 aromatic heterocycles. The van der Waals surface area contributed by atoms with Crippen LogP contribution in [0.1, 0.15) is 146 Å². The van der Waals surface area contributed by atoms with E-state index >= 15 is 0 Å². The molecule has 21 nitrogen and oxygen atoms in total. The molecule has 15 rings (SSSR count). The average Bonchev–Trinajstić information content (AvgIpc) is 1.56. The van der Waals surface area contributed by atoms with Gasteiger partial charge in [-0.25, -0.2) is 19.3 Å². The van der Waals surface area contributed by atoms with Gasteiger partial charge in [0.1, 0.15) is 34.4 Å². The summed E-state index contributed by atoms with van der Waals surface area (Å²) in [6.45, 7) is 21.5. The number of pyridine rings is 2. The Morgan fingerprint density at radius 3 is 1.63 bits per heavy atom. The van der Waals surface area contributed by atoms with Crippen LogP contribution in [0.15, 0.2) is 111 Å². The number of carbonyl (C=O) groups excluding carboxylic acids is 2. The van der Waals surface area contributed by atoms with Crippen LogP contribution in [0.5, 0.6) is 0 Å². The first-order valence-corrected chi connectivity index (χ1v) is 36.0.